The molecule has 2 bridgehead atoms. The zero-order valence-corrected chi connectivity index (χ0v) is 10.5. The van der Waals surface area contributed by atoms with Crippen molar-refractivity contribution in [2.24, 2.45) is 22.7 Å². The highest BCUT2D eigenvalue weighted by molar-refractivity contribution is 5.90. The van der Waals surface area contributed by atoms with Crippen LogP contribution in [0.25, 0.3) is 0 Å². The van der Waals surface area contributed by atoms with Crippen LogP contribution in [0.15, 0.2) is 25.3 Å². The van der Waals surface area contributed by atoms with Gasteiger partial charge >= 0.3 is 0 Å². The molecule has 0 aromatic carbocycles. The van der Waals surface area contributed by atoms with Gasteiger partial charge in [0.1, 0.15) is 5.78 Å². The van der Waals surface area contributed by atoms with E-state index in [4.69, 9.17) is 0 Å². The highest BCUT2D eigenvalue weighted by Crippen LogP contribution is 2.63. The van der Waals surface area contributed by atoms with Crippen molar-refractivity contribution in [1.29, 1.82) is 0 Å². The first kappa shape index (κ1) is 11.6. The number of Topliss-reactive ketones (excluding diaryl/α,β-unsaturated/α-hetero) is 1. The van der Waals surface area contributed by atoms with Gasteiger partial charge in [-0.3, -0.25) is 4.79 Å². The van der Waals surface area contributed by atoms with Crippen molar-refractivity contribution in [2.75, 3.05) is 0 Å². The third kappa shape index (κ3) is 1.33. The van der Waals surface area contributed by atoms with Crippen molar-refractivity contribution in [3.05, 3.63) is 25.3 Å². The Bertz CT molecular complexity index is 327. The lowest BCUT2D eigenvalue weighted by molar-refractivity contribution is -0.169. The van der Waals surface area contributed by atoms with E-state index < -0.39 is 0 Å². The number of carbonyl (C=O) groups is 1. The van der Waals surface area contributed by atoms with E-state index >= 15 is 0 Å². The van der Waals surface area contributed by atoms with Gasteiger partial charge in [0.2, 0.25) is 0 Å². The first-order valence-electron chi connectivity index (χ1n) is 6.24. The summed E-state index contributed by atoms with van der Waals surface area (Å²) in [4.78, 5) is 12.6. The standard InChI is InChI=1S/C15H22O/c1-5-7-15(8-6-2)10-11-9-12(13(15)16)14(11,3)4/h5-6,11-12H,1-2,7-10H2,3-4H3. The summed E-state index contributed by atoms with van der Waals surface area (Å²) in [7, 11) is 0. The third-order valence-electron chi connectivity index (χ3n) is 5.02. The summed E-state index contributed by atoms with van der Waals surface area (Å²) in [5.41, 5.74) is 0.0789. The zero-order valence-electron chi connectivity index (χ0n) is 10.5. The van der Waals surface area contributed by atoms with Gasteiger partial charge in [-0.05, 0) is 37.0 Å². The highest BCUT2D eigenvalue weighted by Gasteiger charge is 2.62. The second-order valence-electron chi connectivity index (χ2n) is 6.14. The Morgan fingerprint density at radius 2 is 1.88 bits per heavy atom. The molecule has 3 aliphatic carbocycles. The minimum absolute atomic E-state index is 0.160. The fourth-order valence-corrected chi connectivity index (χ4v) is 3.75. The average Bonchev–Trinajstić information content (AvgIpc) is 2.22. The van der Waals surface area contributed by atoms with Crippen LogP contribution in [0.5, 0.6) is 0 Å². The Morgan fingerprint density at radius 3 is 2.25 bits per heavy atom. The van der Waals surface area contributed by atoms with E-state index in [-0.39, 0.29) is 16.7 Å². The highest BCUT2D eigenvalue weighted by atomic mass is 16.1. The molecule has 0 radical (unpaired) electrons. The van der Waals surface area contributed by atoms with Gasteiger partial charge in [-0.25, -0.2) is 0 Å². The van der Waals surface area contributed by atoms with Gasteiger partial charge in [0.25, 0.3) is 0 Å². The molecule has 3 rings (SSSR count). The minimum Gasteiger partial charge on any atom is -0.299 e. The molecule has 0 amide bonds. The fourth-order valence-electron chi connectivity index (χ4n) is 3.75. The fraction of sp³-hybridized carbons (Fsp3) is 0.667. The molecule has 3 fully saturated rings. The van der Waals surface area contributed by atoms with Crippen molar-refractivity contribution in [1.82, 2.24) is 0 Å². The predicted molar refractivity (Wildman–Crippen MR) is 67.1 cm³/mol. The summed E-state index contributed by atoms with van der Waals surface area (Å²) in [6, 6.07) is 0. The molecule has 2 unspecified atom stereocenters. The van der Waals surface area contributed by atoms with E-state index in [0.717, 1.165) is 31.6 Å². The summed E-state index contributed by atoms with van der Waals surface area (Å²) in [6.45, 7) is 12.1. The number of fused-ring (bicyclic) bond motifs is 2. The van der Waals surface area contributed by atoms with Gasteiger partial charge in [-0.2, -0.15) is 0 Å². The number of hydrogen-bond donors (Lipinski definition) is 0. The normalized spacial score (nSPS) is 34.0. The Labute approximate surface area is 98.6 Å². The molecule has 0 N–H and O–H groups in total. The lowest BCUT2D eigenvalue weighted by atomic mass is 9.42. The third-order valence-corrected chi connectivity index (χ3v) is 5.02. The van der Waals surface area contributed by atoms with Gasteiger partial charge in [0.05, 0.1) is 0 Å². The van der Waals surface area contributed by atoms with Crippen LogP contribution in [0.2, 0.25) is 0 Å². The Hall–Kier alpha value is -0.850. The van der Waals surface area contributed by atoms with Gasteiger partial charge in [0, 0.05) is 11.3 Å². The van der Waals surface area contributed by atoms with E-state index in [1.807, 2.05) is 12.2 Å². The summed E-state index contributed by atoms with van der Waals surface area (Å²) in [5, 5.41) is 0. The zero-order chi connectivity index (χ0) is 12.0. The van der Waals surface area contributed by atoms with Crippen LogP contribution in [0, 0.1) is 22.7 Å². The van der Waals surface area contributed by atoms with E-state index in [9.17, 15) is 4.79 Å². The van der Waals surface area contributed by atoms with Crippen molar-refractivity contribution in [3.8, 4) is 0 Å². The molecule has 1 heteroatoms. The average molecular weight is 218 g/mol. The quantitative estimate of drug-likeness (QED) is 0.657. The van der Waals surface area contributed by atoms with Gasteiger partial charge in [-0.15, -0.1) is 13.2 Å². The summed E-state index contributed by atoms with van der Waals surface area (Å²) >= 11 is 0. The second-order valence-corrected chi connectivity index (χ2v) is 6.14. The molecular formula is C15H22O. The molecule has 16 heavy (non-hydrogen) atoms. The second kappa shape index (κ2) is 3.58. The van der Waals surface area contributed by atoms with Crippen LogP contribution in [-0.4, -0.2) is 5.78 Å². The number of rotatable bonds is 4. The maximum atomic E-state index is 12.6. The SMILES string of the molecule is C=CCC1(CC=C)CC2CC(C1=O)C2(C)C. The molecule has 0 saturated heterocycles. The van der Waals surface area contributed by atoms with E-state index in [2.05, 4.69) is 27.0 Å². The first-order valence-corrected chi connectivity index (χ1v) is 6.24. The largest absolute Gasteiger partial charge is 0.299 e. The van der Waals surface area contributed by atoms with Gasteiger partial charge in [-0.1, -0.05) is 26.0 Å². The number of hydrogen-bond acceptors (Lipinski definition) is 1. The summed E-state index contributed by atoms with van der Waals surface area (Å²) < 4.78 is 0. The molecule has 88 valence electrons. The van der Waals surface area contributed by atoms with Crippen molar-refractivity contribution in [2.45, 2.75) is 39.5 Å². The molecule has 2 atom stereocenters. The lowest BCUT2D eigenvalue weighted by Gasteiger charge is -2.61. The molecule has 0 spiro atoms. The van der Waals surface area contributed by atoms with Crippen molar-refractivity contribution >= 4 is 5.78 Å². The molecular weight excluding hydrogens is 196 g/mol. The monoisotopic (exact) mass is 218 g/mol. The lowest BCUT2D eigenvalue weighted by Crippen LogP contribution is -2.60. The molecule has 0 aromatic heterocycles. The van der Waals surface area contributed by atoms with Crippen molar-refractivity contribution < 1.29 is 4.79 Å². The topological polar surface area (TPSA) is 17.1 Å². The van der Waals surface area contributed by atoms with Crippen LogP contribution in [-0.2, 0) is 4.79 Å². The maximum absolute atomic E-state index is 12.6. The van der Waals surface area contributed by atoms with Crippen LogP contribution >= 0.6 is 0 Å². The summed E-state index contributed by atoms with van der Waals surface area (Å²) in [5.74, 6) is 1.47. The van der Waals surface area contributed by atoms with Gasteiger partial charge in [0.15, 0.2) is 0 Å². The minimum atomic E-state index is -0.160. The van der Waals surface area contributed by atoms with Crippen molar-refractivity contribution in [3.63, 3.8) is 0 Å². The summed E-state index contributed by atoms with van der Waals surface area (Å²) in [6.07, 6.45) is 7.59. The molecule has 3 aliphatic rings. The number of ketones is 1. The first-order chi connectivity index (χ1) is 7.48. The Kier molecular flexibility index (Phi) is 2.60. The van der Waals surface area contributed by atoms with E-state index in [1.54, 1.807) is 0 Å². The smallest absolute Gasteiger partial charge is 0.143 e. The Balaban J connectivity index is 2.27. The number of carbonyl (C=O) groups excluding carboxylic acids is 1. The molecule has 1 nitrogen and oxygen atoms in total. The van der Waals surface area contributed by atoms with Crippen LogP contribution in [0.1, 0.15) is 39.5 Å². The molecule has 0 aromatic rings. The van der Waals surface area contributed by atoms with Crippen LogP contribution < -0.4 is 0 Å². The van der Waals surface area contributed by atoms with E-state index in [0.29, 0.717) is 5.78 Å². The predicted octanol–water partition coefficient (Wildman–Crippen LogP) is 3.76. The van der Waals surface area contributed by atoms with Gasteiger partial charge < -0.3 is 0 Å². The molecule has 0 aliphatic heterocycles. The maximum Gasteiger partial charge on any atom is 0.143 e. The molecule has 3 saturated carbocycles. The van der Waals surface area contributed by atoms with Crippen LogP contribution in [0.4, 0.5) is 0 Å². The van der Waals surface area contributed by atoms with Crippen LogP contribution in [0.3, 0.4) is 0 Å². The number of allylic oxidation sites excluding steroid dienone is 2. The Morgan fingerprint density at radius 1 is 1.31 bits per heavy atom. The van der Waals surface area contributed by atoms with E-state index in [1.165, 1.54) is 0 Å². The molecule has 0 heterocycles.